The summed E-state index contributed by atoms with van der Waals surface area (Å²) < 4.78 is 5.16. The van der Waals surface area contributed by atoms with Crippen molar-refractivity contribution in [3.8, 4) is 0 Å². The summed E-state index contributed by atoms with van der Waals surface area (Å²) in [5.74, 6) is 0.465. The van der Waals surface area contributed by atoms with Gasteiger partial charge in [-0.05, 0) is 31.6 Å². The molecule has 0 bridgehead atoms. The molecule has 108 valence electrons. The van der Waals surface area contributed by atoms with Crippen molar-refractivity contribution in [1.29, 1.82) is 0 Å². The van der Waals surface area contributed by atoms with Crippen molar-refractivity contribution in [1.82, 2.24) is 0 Å². The summed E-state index contributed by atoms with van der Waals surface area (Å²) in [5, 5.41) is 0. The van der Waals surface area contributed by atoms with Crippen molar-refractivity contribution in [2.24, 2.45) is 17.3 Å². The minimum Gasteiger partial charge on any atom is -0.465 e. The van der Waals surface area contributed by atoms with Gasteiger partial charge in [-0.25, -0.2) is 0 Å². The Hall–Kier alpha value is -1.64. The lowest BCUT2D eigenvalue weighted by Crippen LogP contribution is -2.52. The molecule has 0 heterocycles. The predicted octanol–water partition coefficient (Wildman–Crippen LogP) is 3.48. The maximum Gasteiger partial charge on any atom is 0.320 e. The van der Waals surface area contributed by atoms with E-state index in [-0.39, 0.29) is 11.8 Å². The zero-order valence-electron chi connectivity index (χ0n) is 12.4. The van der Waals surface area contributed by atoms with E-state index in [1.54, 1.807) is 19.1 Å². The van der Waals surface area contributed by atoms with Gasteiger partial charge in [0.1, 0.15) is 5.41 Å². The van der Waals surface area contributed by atoms with E-state index in [0.717, 1.165) is 0 Å². The van der Waals surface area contributed by atoms with Gasteiger partial charge in [0, 0.05) is 5.56 Å². The molecule has 1 aromatic rings. The second-order valence-corrected chi connectivity index (χ2v) is 5.91. The van der Waals surface area contributed by atoms with Crippen LogP contribution in [0.5, 0.6) is 0 Å². The van der Waals surface area contributed by atoms with E-state index in [0.29, 0.717) is 36.8 Å². The predicted molar refractivity (Wildman–Crippen MR) is 77.4 cm³/mol. The van der Waals surface area contributed by atoms with Gasteiger partial charge >= 0.3 is 5.97 Å². The third kappa shape index (κ3) is 2.49. The molecule has 0 aliphatic heterocycles. The quantitative estimate of drug-likeness (QED) is 0.469. The van der Waals surface area contributed by atoms with E-state index in [1.165, 1.54) is 0 Å². The van der Waals surface area contributed by atoms with Crippen LogP contribution in [0.3, 0.4) is 0 Å². The Balaban J connectivity index is 2.25. The molecule has 0 radical (unpaired) electrons. The van der Waals surface area contributed by atoms with Crippen LogP contribution in [0.25, 0.3) is 0 Å². The average Bonchev–Trinajstić information content (AvgIpc) is 2.38. The van der Waals surface area contributed by atoms with Crippen molar-refractivity contribution in [2.45, 2.75) is 33.6 Å². The van der Waals surface area contributed by atoms with Gasteiger partial charge in [0.25, 0.3) is 0 Å². The number of ketones is 1. The van der Waals surface area contributed by atoms with Crippen molar-refractivity contribution in [3.63, 3.8) is 0 Å². The normalized spacial score (nSPS) is 25.1. The summed E-state index contributed by atoms with van der Waals surface area (Å²) in [7, 11) is 0. The number of rotatable bonds is 5. The zero-order chi connectivity index (χ0) is 14.8. The van der Waals surface area contributed by atoms with E-state index in [1.807, 2.05) is 18.2 Å². The largest absolute Gasteiger partial charge is 0.465 e. The van der Waals surface area contributed by atoms with Crippen LogP contribution in [-0.4, -0.2) is 18.4 Å². The molecule has 1 fully saturated rings. The minimum atomic E-state index is -0.952. The monoisotopic (exact) mass is 274 g/mol. The number of esters is 1. The standard InChI is InChI=1S/C17H22O3/c1-4-20-16(19)17(10-14(11-17)12(2)3)15(18)13-8-6-5-7-9-13/h5-9,12,14H,4,10-11H2,1-3H3. The molecular weight excluding hydrogens is 252 g/mol. The van der Waals surface area contributed by atoms with Gasteiger partial charge in [0.05, 0.1) is 6.61 Å². The van der Waals surface area contributed by atoms with Crippen LogP contribution in [0.2, 0.25) is 0 Å². The molecular formula is C17H22O3. The van der Waals surface area contributed by atoms with Gasteiger partial charge in [-0.15, -0.1) is 0 Å². The Kier molecular flexibility index (Phi) is 4.26. The highest BCUT2D eigenvalue weighted by atomic mass is 16.5. The van der Waals surface area contributed by atoms with Gasteiger partial charge < -0.3 is 4.74 Å². The Morgan fingerprint density at radius 3 is 2.35 bits per heavy atom. The molecule has 3 nitrogen and oxygen atoms in total. The van der Waals surface area contributed by atoms with Crippen LogP contribution in [0.4, 0.5) is 0 Å². The molecule has 0 amide bonds. The van der Waals surface area contributed by atoms with Crippen LogP contribution in [-0.2, 0) is 9.53 Å². The molecule has 3 heteroatoms. The molecule has 1 aliphatic carbocycles. The first-order valence-electron chi connectivity index (χ1n) is 7.28. The topological polar surface area (TPSA) is 43.4 Å². The second-order valence-electron chi connectivity index (χ2n) is 5.91. The van der Waals surface area contributed by atoms with Gasteiger partial charge in [0.15, 0.2) is 5.78 Å². The van der Waals surface area contributed by atoms with Crippen LogP contribution in [0.15, 0.2) is 30.3 Å². The van der Waals surface area contributed by atoms with Crippen LogP contribution in [0, 0.1) is 17.3 Å². The van der Waals surface area contributed by atoms with E-state index < -0.39 is 5.41 Å². The maximum absolute atomic E-state index is 12.7. The SMILES string of the molecule is CCOC(=O)C1(C(=O)c2ccccc2)CC(C(C)C)C1. The molecule has 0 N–H and O–H groups in total. The molecule has 0 spiro atoms. The summed E-state index contributed by atoms with van der Waals surface area (Å²) in [6.45, 7) is 6.35. The highest BCUT2D eigenvalue weighted by Crippen LogP contribution is 2.51. The van der Waals surface area contributed by atoms with Gasteiger partial charge in [-0.1, -0.05) is 44.2 Å². The lowest BCUT2D eigenvalue weighted by molar-refractivity contribution is -0.160. The highest BCUT2D eigenvalue weighted by molar-refractivity contribution is 6.13. The molecule has 0 aromatic heterocycles. The lowest BCUT2D eigenvalue weighted by atomic mass is 9.56. The molecule has 1 saturated carbocycles. The van der Waals surface area contributed by atoms with Crippen LogP contribution < -0.4 is 0 Å². The molecule has 1 aromatic carbocycles. The zero-order valence-corrected chi connectivity index (χ0v) is 12.4. The lowest BCUT2D eigenvalue weighted by Gasteiger charge is -2.46. The van der Waals surface area contributed by atoms with Crippen molar-refractivity contribution < 1.29 is 14.3 Å². The third-order valence-electron chi connectivity index (χ3n) is 4.30. The average molecular weight is 274 g/mol. The van der Waals surface area contributed by atoms with Crippen molar-refractivity contribution in [2.75, 3.05) is 6.61 Å². The number of ether oxygens (including phenoxy) is 1. The van der Waals surface area contributed by atoms with Crippen LogP contribution in [0.1, 0.15) is 44.0 Å². The second kappa shape index (κ2) is 5.78. The first kappa shape index (κ1) is 14.8. The number of hydrogen-bond donors (Lipinski definition) is 0. The molecule has 0 saturated heterocycles. The number of carbonyl (C=O) groups is 2. The summed E-state index contributed by atoms with van der Waals surface area (Å²) in [4.78, 5) is 25.0. The fourth-order valence-corrected chi connectivity index (χ4v) is 2.89. The molecule has 1 aliphatic rings. The van der Waals surface area contributed by atoms with Gasteiger partial charge in [0.2, 0.25) is 0 Å². The van der Waals surface area contributed by atoms with E-state index in [2.05, 4.69) is 13.8 Å². The van der Waals surface area contributed by atoms with E-state index >= 15 is 0 Å². The number of Topliss-reactive ketones (excluding diaryl/α,β-unsaturated/α-hetero) is 1. The number of benzene rings is 1. The van der Waals surface area contributed by atoms with E-state index in [4.69, 9.17) is 4.74 Å². The first-order chi connectivity index (χ1) is 9.51. The summed E-state index contributed by atoms with van der Waals surface area (Å²) >= 11 is 0. The molecule has 20 heavy (non-hydrogen) atoms. The van der Waals surface area contributed by atoms with E-state index in [9.17, 15) is 9.59 Å². The van der Waals surface area contributed by atoms with Gasteiger partial charge in [-0.2, -0.15) is 0 Å². The van der Waals surface area contributed by atoms with Crippen LogP contribution >= 0.6 is 0 Å². The third-order valence-corrected chi connectivity index (χ3v) is 4.30. The number of hydrogen-bond acceptors (Lipinski definition) is 3. The fraction of sp³-hybridized carbons (Fsp3) is 0.529. The molecule has 0 atom stereocenters. The highest BCUT2D eigenvalue weighted by Gasteiger charge is 2.57. The van der Waals surface area contributed by atoms with Gasteiger partial charge in [-0.3, -0.25) is 9.59 Å². The Bertz CT molecular complexity index is 484. The van der Waals surface area contributed by atoms with Crippen molar-refractivity contribution >= 4 is 11.8 Å². The summed E-state index contributed by atoms with van der Waals surface area (Å²) in [5.41, 5.74) is -0.352. The Labute approximate surface area is 120 Å². The Morgan fingerprint density at radius 2 is 1.85 bits per heavy atom. The summed E-state index contributed by atoms with van der Waals surface area (Å²) in [6, 6.07) is 9.05. The smallest absolute Gasteiger partial charge is 0.320 e. The molecule has 2 rings (SSSR count). The first-order valence-corrected chi connectivity index (χ1v) is 7.28. The Morgan fingerprint density at radius 1 is 1.25 bits per heavy atom. The minimum absolute atomic E-state index is 0.0894. The fourth-order valence-electron chi connectivity index (χ4n) is 2.89. The number of carbonyl (C=O) groups excluding carboxylic acids is 2. The molecule has 0 unspecified atom stereocenters. The summed E-state index contributed by atoms with van der Waals surface area (Å²) in [6.07, 6.45) is 1.22. The maximum atomic E-state index is 12.7. The van der Waals surface area contributed by atoms with Crippen molar-refractivity contribution in [3.05, 3.63) is 35.9 Å².